The number of carbonyl (C=O) groups excluding carboxylic acids is 1. The van der Waals surface area contributed by atoms with E-state index in [1.165, 1.54) is 0 Å². The minimum atomic E-state index is -0.120. The molecule has 1 aromatic heterocycles. The van der Waals surface area contributed by atoms with Crippen LogP contribution in [0.15, 0.2) is 28.7 Å². The summed E-state index contributed by atoms with van der Waals surface area (Å²) < 4.78 is 0.947. The molecule has 110 valence electrons. The number of carbonyl (C=O) groups is 1. The van der Waals surface area contributed by atoms with Gasteiger partial charge in [0.1, 0.15) is 5.82 Å². The molecule has 0 saturated heterocycles. The van der Waals surface area contributed by atoms with E-state index in [-0.39, 0.29) is 11.3 Å². The molecule has 0 bridgehead atoms. The van der Waals surface area contributed by atoms with Crippen LogP contribution in [0.1, 0.15) is 32.0 Å². The predicted octanol–water partition coefficient (Wildman–Crippen LogP) is 3.04. The molecule has 1 heterocycles. The Morgan fingerprint density at radius 3 is 2.86 bits per heavy atom. The van der Waals surface area contributed by atoms with E-state index in [1.54, 1.807) is 0 Å². The second kappa shape index (κ2) is 5.60. The normalized spacial score (nSPS) is 15.7. The van der Waals surface area contributed by atoms with E-state index < -0.39 is 0 Å². The van der Waals surface area contributed by atoms with E-state index >= 15 is 0 Å². The first-order valence-corrected chi connectivity index (χ1v) is 7.88. The van der Waals surface area contributed by atoms with Crippen molar-refractivity contribution in [1.29, 1.82) is 0 Å². The standard InChI is InChI=1S/C15H17BrN4O/c1-2-15(7-8-15)14(21)17-9-12-18-13(20-19-12)10-5-3-4-6-11(10)16/h3-6H,2,7-9H2,1H3,(H,17,21)(H,18,19,20). The average Bonchev–Trinajstić information content (AvgIpc) is 3.17. The molecule has 0 unspecified atom stereocenters. The van der Waals surface area contributed by atoms with Crippen molar-refractivity contribution >= 4 is 21.8 Å². The molecule has 2 aromatic rings. The van der Waals surface area contributed by atoms with Crippen molar-refractivity contribution in [3.8, 4) is 11.4 Å². The average molecular weight is 349 g/mol. The summed E-state index contributed by atoms with van der Waals surface area (Å²) in [5.41, 5.74) is 0.809. The van der Waals surface area contributed by atoms with E-state index in [2.05, 4.69) is 43.4 Å². The number of nitrogens with one attached hydrogen (secondary N) is 2. The zero-order valence-electron chi connectivity index (χ0n) is 11.8. The van der Waals surface area contributed by atoms with Crippen molar-refractivity contribution in [2.24, 2.45) is 5.41 Å². The number of nitrogens with zero attached hydrogens (tertiary/aromatic N) is 2. The third kappa shape index (κ3) is 2.85. The molecule has 0 atom stereocenters. The first-order valence-electron chi connectivity index (χ1n) is 7.09. The molecular weight excluding hydrogens is 332 g/mol. The lowest BCUT2D eigenvalue weighted by molar-refractivity contribution is -0.126. The summed E-state index contributed by atoms with van der Waals surface area (Å²) in [6.07, 6.45) is 2.89. The molecule has 0 aliphatic heterocycles. The van der Waals surface area contributed by atoms with E-state index in [9.17, 15) is 4.79 Å². The number of aromatic amines is 1. The van der Waals surface area contributed by atoms with Crippen molar-refractivity contribution < 1.29 is 4.79 Å². The number of hydrogen-bond acceptors (Lipinski definition) is 3. The molecule has 0 radical (unpaired) electrons. The van der Waals surface area contributed by atoms with Crippen LogP contribution >= 0.6 is 15.9 Å². The first kappa shape index (κ1) is 14.3. The zero-order chi connectivity index (χ0) is 14.9. The van der Waals surface area contributed by atoms with Crippen LogP contribution in [0.25, 0.3) is 11.4 Å². The Bertz CT molecular complexity index is 663. The maximum atomic E-state index is 12.1. The lowest BCUT2D eigenvalue weighted by Gasteiger charge is -2.11. The number of aromatic nitrogens is 3. The first-order chi connectivity index (χ1) is 10.1. The third-order valence-electron chi connectivity index (χ3n) is 4.07. The monoisotopic (exact) mass is 348 g/mol. The molecule has 2 N–H and O–H groups in total. The quantitative estimate of drug-likeness (QED) is 0.872. The van der Waals surface area contributed by atoms with Crippen molar-refractivity contribution in [3.05, 3.63) is 34.6 Å². The van der Waals surface area contributed by atoms with Gasteiger partial charge in [-0.15, -0.1) is 0 Å². The minimum absolute atomic E-state index is 0.120. The summed E-state index contributed by atoms with van der Waals surface area (Å²) in [7, 11) is 0. The molecule has 1 saturated carbocycles. The second-order valence-electron chi connectivity index (χ2n) is 5.40. The van der Waals surface area contributed by atoms with Gasteiger partial charge in [0.2, 0.25) is 5.91 Å². The van der Waals surface area contributed by atoms with Gasteiger partial charge in [0, 0.05) is 15.5 Å². The number of benzene rings is 1. The summed E-state index contributed by atoms with van der Waals surface area (Å²) in [5.74, 6) is 1.42. The Balaban J connectivity index is 1.66. The van der Waals surface area contributed by atoms with Crippen molar-refractivity contribution in [3.63, 3.8) is 0 Å². The molecule has 6 heteroatoms. The Kier molecular flexibility index (Phi) is 3.80. The van der Waals surface area contributed by atoms with Gasteiger partial charge in [-0.25, -0.2) is 4.98 Å². The van der Waals surface area contributed by atoms with Gasteiger partial charge in [-0.05, 0) is 31.4 Å². The molecule has 5 nitrogen and oxygen atoms in total. The molecular formula is C15H17BrN4O. The van der Waals surface area contributed by atoms with Gasteiger partial charge in [0.05, 0.1) is 6.54 Å². The van der Waals surface area contributed by atoms with Gasteiger partial charge in [0.25, 0.3) is 0 Å². The Labute approximate surface area is 131 Å². The van der Waals surface area contributed by atoms with E-state index in [1.807, 2.05) is 24.3 Å². The maximum Gasteiger partial charge on any atom is 0.226 e. The lowest BCUT2D eigenvalue weighted by Crippen LogP contribution is -2.31. The van der Waals surface area contributed by atoms with Gasteiger partial charge in [-0.1, -0.05) is 35.0 Å². The van der Waals surface area contributed by atoms with Crippen molar-refractivity contribution in [1.82, 2.24) is 20.5 Å². The number of hydrogen-bond donors (Lipinski definition) is 2. The minimum Gasteiger partial charge on any atom is -0.348 e. The van der Waals surface area contributed by atoms with E-state index in [4.69, 9.17) is 0 Å². The maximum absolute atomic E-state index is 12.1. The topological polar surface area (TPSA) is 70.7 Å². The molecule has 1 aliphatic rings. The number of halogens is 1. The van der Waals surface area contributed by atoms with Gasteiger partial charge in [-0.3, -0.25) is 9.89 Å². The number of H-pyrrole nitrogens is 1. The number of rotatable bonds is 5. The van der Waals surface area contributed by atoms with Crippen LogP contribution in [0.5, 0.6) is 0 Å². The summed E-state index contributed by atoms with van der Waals surface area (Å²) >= 11 is 3.48. The van der Waals surface area contributed by atoms with Gasteiger partial charge in [0.15, 0.2) is 5.82 Å². The SMILES string of the molecule is CCC1(C(=O)NCc2nc(-c3ccccc3Br)n[nH]2)CC1. The molecule has 21 heavy (non-hydrogen) atoms. The molecule has 1 aliphatic carbocycles. The molecule has 0 spiro atoms. The summed E-state index contributed by atoms with van der Waals surface area (Å²) in [4.78, 5) is 16.5. The van der Waals surface area contributed by atoms with Crippen LogP contribution in [-0.4, -0.2) is 21.1 Å². The highest BCUT2D eigenvalue weighted by Crippen LogP contribution is 2.48. The molecule has 1 aromatic carbocycles. The number of amides is 1. The smallest absolute Gasteiger partial charge is 0.226 e. The Hall–Kier alpha value is -1.69. The fourth-order valence-electron chi connectivity index (χ4n) is 2.38. The largest absolute Gasteiger partial charge is 0.348 e. The van der Waals surface area contributed by atoms with Crippen LogP contribution in [0.4, 0.5) is 0 Å². The summed E-state index contributed by atoms with van der Waals surface area (Å²) in [6.45, 7) is 2.45. The zero-order valence-corrected chi connectivity index (χ0v) is 13.4. The van der Waals surface area contributed by atoms with Crippen molar-refractivity contribution in [2.75, 3.05) is 0 Å². The van der Waals surface area contributed by atoms with Crippen LogP contribution in [-0.2, 0) is 11.3 Å². The fourth-order valence-corrected chi connectivity index (χ4v) is 2.84. The van der Waals surface area contributed by atoms with Crippen LogP contribution in [0.2, 0.25) is 0 Å². The van der Waals surface area contributed by atoms with Gasteiger partial charge >= 0.3 is 0 Å². The molecule has 1 fully saturated rings. The Morgan fingerprint density at radius 1 is 1.43 bits per heavy atom. The lowest BCUT2D eigenvalue weighted by atomic mass is 10.0. The summed E-state index contributed by atoms with van der Waals surface area (Å²) in [5, 5.41) is 10.0. The van der Waals surface area contributed by atoms with Crippen LogP contribution in [0, 0.1) is 5.41 Å². The highest BCUT2D eigenvalue weighted by molar-refractivity contribution is 9.10. The molecule has 1 amide bonds. The van der Waals surface area contributed by atoms with E-state index in [0.717, 1.165) is 29.3 Å². The fraction of sp³-hybridized carbons (Fsp3) is 0.400. The predicted molar refractivity (Wildman–Crippen MR) is 83.3 cm³/mol. The van der Waals surface area contributed by atoms with Crippen molar-refractivity contribution in [2.45, 2.75) is 32.7 Å². The highest BCUT2D eigenvalue weighted by Gasteiger charge is 2.47. The molecule has 3 rings (SSSR count). The Morgan fingerprint density at radius 2 is 2.19 bits per heavy atom. The highest BCUT2D eigenvalue weighted by atomic mass is 79.9. The summed E-state index contributed by atoms with van der Waals surface area (Å²) in [6, 6.07) is 7.79. The van der Waals surface area contributed by atoms with E-state index in [0.29, 0.717) is 18.2 Å². The second-order valence-corrected chi connectivity index (χ2v) is 6.26. The third-order valence-corrected chi connectivity index (χ3v) is 4.77. The van der Waals surface area contributed by atoms with Gasteiger partial charge < -0.3 is 5.32 Å². The van der Waals surface area contributed by atoms with Crippen LogP contribution in [0.3, 0.4) is 0 Å². The van der Waals surface area contributed by atoms with Gasteiger partial charge in [-0.2, -0.15) is 5.10 Å². The van der Waals surface area contributed by atoms with Crippen LogP contribution < -0.4 is 5.32 Å².